The fraction of sp³-hybridized carbons (Fsp3) is 0.316. The van der Waals surface area contributed by atoms with Crippen LogP contribution in [0.15, 0.2) is 59.6 Å². The van der Waals surface area contributed by atoms with Gasteiger partial charge in [0.05, 0.1) is 19.8 Å². The van der Waals surface area contributed by atoms with E-state index >= 15 is 0 Å². The second-order valence-corrected chi connectivity index (χ2v) is 5.90. The fourth-order valence-electron chi connectivity index (χ4n) is 2.65. The number of nitrogens with two attached hydrogens (primary N) is 1. The largest absolute Gasteiger partial charge is 0.379 e. The second-order valence-electron chi connectivity index (χ2n) is 5.90. The highest BCUT2D eigenvalue weighted by Crippen LogP contribution is 2.10. The SMILES string of the molecule is NC(=NCc1ccc(CN2CCOCC2)cc1)Nc1ccccc1. The summed E-state index contributed by atoms with van der Waals surface area (Å²) < 4.78 is 5.38. The zero-order valence-electron chi connectivity index (χ0n) is 13.8. The number of benzene rings is 2. The minimum Gasteiger partial charge on any atom is -0.379 e. The van der Waals surface area contributed by atoms with Gasteiger partial charge in [-0.3, -0.25) is 4.90 Å². The minimum absolute atomic E-state index is 0.429. The second kappa shape index (κ2) is 8.47. The van der Waals surface area contributed by atoms with E-state index in [0.717, 1.165) is 44.1 Å². The molecule has 0 bridgehead atoms. The summed E-state index contributed by atoms with van der Waals surface area (Å²) in [6, 6.07) is 18.4. The molecule has 0 aromatic heterocycles. The van der Waals surface area contributed by atoms with E-state index in [1.165, 1.54) is 5.56 Å². The summed E-state index contributed by atoms with van der Waals surface area (Å²) in [6.07, 6.45) is 0. The van der Waals surface area contributed by atoms with Gasteiger partial charge < -0.3 is 15.8 Å². The average molecular weight is 324 g/mol. The molecular formula is C19H24N4O. The van der Waals surface area contributed by atoms with Gasteiger partial charge in [0, 0.05) is 25.3 Å². The third-order valence-electron chi connectivity index (χ3n) is 4.01. The molecule has 0 atom stereocenters. The molecule has 0 spiro atoms. The van der Waals surface area contributed by atoms with Crippen LogP contribution in [0, 0.1) is 0 Å². The van der Waals surface area contributed by atoms with Crippen molar-refractivity contribution in [3.05, 3.63) is 65.7 Å². The van der Waals surface area contributed by atoms with Crippen molar-refractivity contribution in [3.63, 3.8) is 0 Å². The molecule has 0 radical (unpaired) electrons. The Balaban J connectivity index is 1.51. The van der Waals surface area contributed by atoms with Crippen molar-refractivity contribution in [1.82, 2.24) is 4.90 Å². The lowest BCUT2D eigenvalue weighted by Gasteiger charge is -2.26. The number of hydrogen-bond acceptors (Lipinski definition) is 3. The van der Waals surface area contributed by atoms with Gasteiger partial charge in [0.2, 0.25) is 0 Å². The summed E-state index contributed by atoms with van der Waals surface area (Å²) in [5, 5.41) is 3.09. The molecule has 0 saturated carbocycles. The number of anilines is 1. The first-order valence-corrected chi connectivity index (χ1v) is 8.29. The molecule has 2 aromatic carbocycles. The molecule has 1 fully saturated rings. The molecule has 3 N–H and O–H groups in total. The molecule has 0 aliphatic carbocycles. The van der Waals surface area contributed by atoms with Crippen LogP contribution in [0.2, 0.25) is 0 Å². The standard InChI is InChI=1S/C19H24N4O/c20-19(22-18-4-2-1-3-5-18)21-14-16-6-8-17(9-7-16)15-23-10-12-24-13-11-23/h1-9H,10-15H2,(H3,20,21,22). The Bertz CT molecular complexity index is 649. The van der Waals surface area contributed by atoms with E-state index in [-0.39, 0.29) is 0 Å². The molecule has 3 rings (SSSR count). The van der Waals surface area contributed by atoms with Gasteiger partial charge in [0.25, 0.3) is 0 Å². The first-order valence-electron chi connectivity index (χ1n) is 8.29. The molecule has 0 amide bonds. The van der Waals surface area contributed by atoms with Gasteiger partial charge >= 0.3 is 0 Å². The van der Waals surface area contributed by atoms with Crippen LogP contribution in [0.1, 0.15) is 11.1 Å². The first kappa shape index (κ1) is 16.5. The number of morpholine rings is 1. The van der Waals surface area contributed by atoms with Crippen molar-refractivity contribution in [2.45, 2.75) is 13.1 Å². The maximum atomic E-state index is 5.93. The van der Waals surface area contributed by atoms with E-state index in [0.29, 0.717) is 12.5 Å². The maximum absolute atomic E-state index is 5.93. The minimum atomic E-state index is 0.429. The Kier molecular flexibility index (Phi) is 5.82. The third-order valence-corrected chi connectivity index (χ3v) is 4.01. The van der Waals surface area contributed by atoms with Gasteiger partial charge in [-0.05, 0) is 23.3 Å². The Morgan fingerprint density at radius 2 is 1.67 bits per heavy atom. The lowest BCUT2D eigenvalue weighted by Crippen LogP contribution is -2.35. The van der Waals surface area contributed by atoms with Crippen LogP contribution in [0.4, 0.5) is 5.69 Å². The van der Waals surface area contributed by atoms with Gasteiger partial charge in [-0.15, -0.1) is 0 Å². The summed E-state index contributed by atoms with van der Waals surface area (Å²) in [6.45, 7) is 5.23. The predicted octanol–water partition coefficient (Wildman–Crippen LogP) is 2.45. The number of hydrogen-bond donors (Lipinski definition) is 2. The Morgan fingerprint density at radius 3 is 2.38 bits per heavy atom. The average Bonchev–Trinajstić information content (AvgIpc) is 2.63. The van der Waals surface area contributed by atoms with Gasteiger partial charge in [0.1, 0.15) is 0 Å². The van der Waals surface area contributed by atoms with Gasteiger partial charge in [0.15, 0.2) is 5.96 Å². The summed E-state index contributed by atoms with van der Waals surface area (Å²) in [7, 11) is 0. The van der Waals surface area contributed by atoms with Crippen LogP contribution in [-0.4, -0.2) is 37.2 Å². The zero-order valence-corrected chi connectivity index (χ0v) is 13.8. The van der Waals surface area contributed by atoms with E-state index in [2.05, 4.69) is 39.5 Å². The fourth-order valence-corrected chi connectivity index (χ4v) is 2.65. The van der Waals surface area contributed by atoms with Crippen molar-refractivity contribution in [2.75, 3.05) is 31.6 Å². The Hall–Kier alpha value is -2.37. The van der Waals surface area contributed by atoms with Crippen LogP contribution in [-0.2, 0) is 17.8 Å². The van der Waals surface area contributed by atoms with Crippen molar-refractivity contribution in [2.24, 2.45) is 10.7 Å². The van der Waals surface area contributed by atoms with Crippen LogP contribution in [0.3, 0.4) is 0 Å². The van der Waals surface area contributed by atoms with E-state index in [1.807, 2.05) is 30.3 Å². The Morgan fingerprint density at radius 1 is 1.00 bits per heavy atom. The lowest BCUT2D eigenvalue weighted by atomic mass is 10.1. The van der Waals surface area contributed by atoms with E-state index < -0.39 is 0 Å². The van der Waals surface area contributed by atoms with Crippen molar-refractivity contribution >= 4 is 11.6 Å². The number of nitrogens with zero attached hydrogens (tertiary/aromatic N) is 2. The third kappa shape index (κ3) is 5.08. The normalized spacial score (nSPS) is 16.1. The highest BCUT2D eigenvalue weighted by Gasteiger charge is 2.10. The van der Waals surface area contributed by atoms with E-state index in [4.69, 9.17) is 10.5 Å². The molecule has 1 heterocycles. The number of aliphatic imine (C=N–C) groups is 1. The molecule has 1 aliphatic rings. The van der Waals surface area contributed by atoms with Crippen LogP contribution in [0.25, 0.3) is 0 Å². The highest BCUT2D eigenvalue weighted by atomic mass is 16.5. The molecule has 2 aromatic rings. The van der Waals surface area contributed by atoms with Crippen LogP contribution < -0.4 is 11.1 Å². The number of nitrogens with one attached hydrogen (secondary N) is 1. The van der Waals surface area contributed by atoms with E-state index in [9.17, 15) is 0 Å². The highest BCUT2D eigenvalue weighted by molar-refractivity contribution is 5.92. The molecule has 1 aliphatic heterocycles. The van der Waals surface area contributed by atoms with Crippen LogP contribution >= 0.6 is 0 Å². The molecule has 1 saturated heterocycles. The molecule has 126 valence electrons. The monoisotopic (exact) mass is 324 g/mol. The lowest BCUT2D eigenvalue weighted by molar-refractivity contribution is 0.0342. The van der Waals surface area contributed by atoms with Crippen molar-refractivity contribution < 1.29 is 4.74 Å². The Labute approximate surface area is 143 Å². The molecule has 0 unspecified atom stereocenters. The summed E-state index contributed by atoms with van der Waals surface area (Å²) >= 11 is 0. The first-order chi connectivity index (χ1) is 11.8. The summed E-state index contributed by atoms with van der Waals surface area (Å²) in [4.78, 5) is 6.81. The number of rotatable bonds is 5. The summed E-state index contributed by atoms with van der Waals surface area (Å²) in [5.74, 6) is 0.429. The summed E-state index contributed by atoms with van der Waals surface area (Å²) in [5.41, 5.74) is 9.34. The number of guanidine groups is 1. The van der Waals surface area contributed by atoms with Gasteiger partial charge in [-0.25, -0.2) is 4.99 Å². The van der Waals surface area contributed by atoms with E-state index in [1.54, 1.807) is 0 Å². The molecule has 24 heavy (non-hydrogen) atoms. The molecular weight excluding hydrogens is 300 g/mol. The smallest absolute Gasteiger partial charge is 0.193 e. The van der Waals surface area contributed by atoms with Crippen LogP contribution in [0.5, 0.6) is 0 Å². The van der Waals surface area contributed by atoms with Crippen molar-refractivity contribution in [3.8, 4) is 0 Å². The number of para-hydroxylation sites is 1. The molecule has 5 nitrogen and oxygen atoms in total. The maximum Gasteiger partial charge on any atom is 0.193 e. The van der Waals surface area contributed by atoms with Gasteiger partial charge in [-0.1, -0.05) is 42.5 Å². The quantitative estimate of drug-likeness (QED) is 0.655. The topological polar surface area (TPSA) is 62.9 Å². The number of ether oxygens (including phenoxy) is 1. The predicted molar refractivity (Wildman–Crippen MR) is 97.9 cm³/mol. The molecule has 5 heteroatoms. The van der Waals surface area contributed by atoms with Crippen molar-refractivity contribution in [1.29, 1.82) is 0 Å². The van der Waals surface area contributed by atoms with Gasteiger partial charge in [-0.2, -0.15) is 0 Å². The zero-order chi connectivity index (χ0) is 16.6.